The molecule has 1 aliphatic rings. The molecule has 1 fully saturated rings. The molecule has 2 amide bonds. The molecular formula is C23H38Cl6N8O5S. The Balaban J connectivity index is 0.000000430. The van der Waals surface area contributed by atoms with Gasteiger partial charge in [-0.15, -0.1) is 0 Å². The Labute approximate surface area is 283 Å². The summed E-state index contributed by atoms with van der Waals surface area (Å²) in [4.78, 5) is 33.4. The summed E-state index contributed by atoms with van der Waals surface area (Å²) in [6.45, 7) is 8.24. The fraction of sp³-hybridized carbons (Fsp3) is 0.739. The van der Waals surface area contributed by atoms with Crippen molar-refractivity contribution < 1.29 is 22.2 Å². The van der Waals surface area contributed by atoms with E-state index in [0.717, 1.165) is 28.4 Å². The van der Waals surface area contributed by atoms with Crippen molar-refractivity contribution in [2.45, 2.75) is 60.0 Å². The Morgan fingerprint density at radius 3 is 1.74 bits per heavy atom. The number of rotatable bonds is 14. The first-order valence-electron chi connectivity index (χ1n) is 13.2. The summed E-state index contributed by atoms with van der Waals surface area (Å²) >= 11 is 35.2. The van der Waals surface area contributed by atoms with Crippen LogP contribution in [0.15, 0.2) is 0 Å². The van der Waals surface area contributed by atoms with E-state index >= 15 is 0 Å². The number of nitrogens with zero attached hydrogens (tertiary/aromatic N) is 5. The maximum atomic E-state index is 11.9. The van der Waals surface area contributed by atoms with Gasteiger partial charge in [0.1, 0.15) is 12.3 Å². The quantitative estimate of drug-likeness (QED) is 0.191. The van der Waals surface area contributed by atoms with Crippen molar-refractivity contribution in [3.05, 3.63) is 11.3 Å². The molecule has 2 rings (SSSR count). The van der Waals surface area contributed by atoms with E-state index in [0.29, 0.717) is 57.9 Å². The van der Waals surface area contributed by atoms with E-state index in [1.165, 1.54) is 14.1 Å². The molecule has 1 aliphatic heterocycles. The zero-order chi connectivity index (χ0) is 33.0. The van der Waals surface area contributed by atoms with Gasteiger partial charge in [-0.25, -0.2) is 4.98 Å². The van der Waals surface area contributed by atoms with Gasteiger partial charge in [-0.3, -0.25) is 19.4 Å². The van der Waals surface area contributed by atoms with Gasteiger partial charge in [0.05, 0.1) is 0 Å². The van der Waals surface area contributed by atoms with Crippen molar-refractivity contribution in [3.8, 4) is 5.88 Å². The van der Waals surface area contributed by atoms with Crippen LogP contribution in [0.1, 0.15) is 37.9 Å². The van der Waals surface area contributed by atoms with Crippen LogP contribution < -0.4 is 20.1 Å². The molecule has 20 heteroatoms. The molecule has 3 N–H and O–H groups in total. The molecular weight excluding hydrogens is 713 g/mol. The lowest BCUT2D eigenvalue weighted by molar-refractivity contribution is -0.113. The summed E-state index contributed by atoms with van der Waals surface area (Å²) in [6.07, 6.45) is 1.99. The van der Waals surface area contributed by atoms with E-state index in [-0.39, 0.29) is 5.88 Å². The molecule has 0 bridgehead atoms. The van der Waals surface area contributed by atoms with Crippen molar-refractivity contribution in [1.29, 1.82) is 0 Å². The molecule has 0 aromatic carbocycles. The third-order valence-corrected chi connectivity index (χ3v) is 8.58. The van der Waals surface area contributed by atoms with Gasteiger partial charge in [-0.05, 0) is 26.7 Å². The van der Waals surface area contributed by atoms with Gasteiger partial charge in [-0.2, -0.15) is 17.7 Å². The number of unbranched alkanes of at least 4 members (excludes halogenated alkanes) is 1. The molecule has 0 radical (unpaired) electrons. The second kappa shape index (κ2) is 18.4. The largest absolute Gasteiger partial charge is 0.386 e. The number of aromatic nitrogens is 2. The second-order valence-corrected chi connectivity index (χ2v) is 15.9. The van der Waals surface area contributed by atoms with E-state index in [2.05, 4.69) is 32.8 Å². The summed E-state index contributed by atoms with van der Waals surface area (Å²) in [6, 6.07) is 0. The normalized spacial score (nSPS) is 16.5. The van der Waals surface area contributed by atoms with Gasteiger partial charge in [0.2, 0.25) is 32.2 Å². The Hall–Kier alpha value is -0.810. The minimum atomic E-state index is -3.83. The summed E-state index contributed by atoms with van der Waals surface area (Å²) in [5.74, 6) is 0.486. The van der Waals surface area contributed by atoms with Gasteiger partial charge >= 0.3 is 10.3 Å². The van der Waals surface area contributed by atoms with Gasteiger partial charge in [0, 0.05) is 58.1 Å². The first kappa shape index (κ1) is 40.2. The smallest absolute Gasteiger partial charge is 0.354 e. The molecule has 248 valence electrons. The number of hydrogen-bond donors (Lipinski definition) is 3. The van der Waals surface area contributed by atoms with E-state index in [1.54, 1.807) is 9.80 Å². The topological polar surface area (TPSA) is 149 Å². The highest BCUT2D eigenvalue weighted by atomic mass is 35.6. The molecule has 0 spiro atoms. The number of carbonyl (C=O) groups is 2. The van der Waals surface area contributed by atoms with Crippen molar-refractivity contribution in [2.75, 3.05) is 52.1 Å². The highest BCUT2D eigenvalue weighted by molar-refractivity contribution is 7.84. The molecule has 0 aliphatic carbocycles. The van der Waals surface area contributed by atoms with E-state index in [4.69, 9.17) is 73.8 Å². The average Bonchev–Trinajstić information content (AvgIpc) is 2.89. The van der Waals surface area contributed by atoms with Gasteiger partial charge in [0.15, 0.2) is 0 Å². The number of amides is 2. The number of nitrogens with one attached hydrogen (secondary N) is 3. The maximum Gasteiger partial charge on any atom is 0.386 e. The molecule has 43 heavy (non-hydrogen) atoms. The summed E-state index contributed by atoms with van der Waals surface area (Å²) in [5.41, 5.74) is 1.47. The first-order chi connectivity index (χ1) is 19.9. The maximum absolute atomic E-state index is 11.9. The van der Waals surface area contributed by atoms with Gasteiger partial charge in [-0.1, -0.05) is 83.0 Å². The predicted octanol–water partition coefficient (Wildman–Crippen LogP) is 3.23. The molecule has 1 saturated heterocycles. The molecule has 2 atom stereocenters. The minimum absolute atomic E-state index is 0.112. The van der Waals surface area contributed by atoms with E-state index in [9.17, 15) is 18.0 Å². The second-order valence-electron chi connectivity index (χ2n) is 9.40. The highest BCUT2D eigenvalue weighted by Gasteiger charge is 2.42. The van der Waals surface area contributed by atoms with E-state index < -0.39 is 30.2 Å². The van der Waals surface area contributed by atoms with Gasteiger partial charge < -0.3 is 20.1 Å². The fourth-order valence-electron chi connectivity index (χ4n) is 3.89. The molecule has 1 aromatic rings. The summed E-state index contributed by atoms with van der Waals surface area (Å²) in [7, 11) is -0.998. The monoisotopic (exact) mass is 748 g/mol. The van der Waals surface area contributed by atoms with Crippen LogP contribution in [0.2, 0.25) is 0 Å². The summed E-state index contributed by atoms with van der Waals surface area (Å²) < 4.78 is 26.7. The van der Waals surface area contributed by atoms with Crippen molar-refractivity contribution >= 4 is 98.7 Å². The molecule has 2 heterocycles. The van der Waals surface area contributed by atoms with Crippen LogP contribution in [0.3, 0.4) is 0 Å². The zero-order valence-electron chi connectivity index (χ0n) is 24.4. The molecule has 13 nitrogen and oxygen atoms in total. The number of anilines is 1. The average molecular weight is 751 g/mol. The fourth-order valence-corrected chi connectivity index (χ4v) is 5.58. The van der Waals surface area contributed by atoms with Crippen LogP contribution >= 0.6 is 69.6 Å². The Kier molecular flexibility index (Phi) is 17.2. The van der Waals surface area contributed by atoms with Crippen LogP contribution in [0.25, 0.3) is 0 Å². The number of alkyl halides is 6. The first-order valence-corrected chi connectivity index (χ1v) is 16.8. The molecule has 1 aromatic heterocycles. The van der Waals surface area contributed by atoms with Crippen LogP contribution in [0.5, 0.6) is 5.88 Å². The lowest BCUT2D eigenvalue weighted by atomic mass is 10.1. The predicted molar refractivity (Wildman–Crippen MR) is 172 cm³/mol. The number of halogens is 6. The molecule has 0 saturated carbocycles. The number of aryl methyl sites for hydroxylation is 1. The lowest BCUT2D eigenvalue weighted by Crippen LogP contribution is -2.63. The number of piperazine rings is 1. The van der Waals surface area contributed by atoms with Crippen molar-refractivity contribution in [3.63, 3.8) is 0 Å². The van der Waals surface area contributed by atoms with Crippen molar-refractivity contribution in [2.24, 2.45) is 0 Å². The highest BCUT2D eigenvalue weighted by Crippen LogP contribution is 2.35. The summed E-state index contributed by atoms with van der Waals surface area (Å²) in [5, 5.41) is 7.92. The molecule has 2 unspecified atom stereocenters. The SMILES string of the molecule is CCCCc1c(C)nc(NCC)nc1OS(=O)(=O)N(C)C.O=CNC(N1CCN(C(NC=O)C(Cl)(Cl)Cl)CC1)C(Cl)(Cl)Cl. The minimum Gasteiger partial charge on any atom is -0.354 e. The third kappa shape index (κ3) is 13.2. The van der Waals surface area contributed by atoms with E-state index in [1.807, 2.05) is 13.8 Å². The van der Waals surface area contributed by atoms with Crippen LogP contribution in [-0.2, 0) is 26.3 Å². The zero-order valence-corrected chi connectivity index (χ0v) is 29.8. The number of carbonyl (C=O) groups excluding carboxylic acids is 2. The number of hydrogen-bond acceptors (Lipinski definition) is 10. The van der Waals surface area contributed by atoms with Gasteiger partial charge in [0.25, 0.3) is 0 Å². The van der Waals surface area contributed by atoms with Crippen molar-refractivity contribution in [1.82, 2.24) is 34.7 Å². The lowest BCUT2D eigenvalue weighted by Gasteiger charge is -2.44. The Morgan fingerprint density at radius 1 is 0.930 bits per heavy atom. The van der Waals surface area contributed by atoms with Crippen LogP contribution in [0.4, 0.5) is 5.95 Å². The van der Waals surface area contributed by atoms with Crippen LogP contribution in [-0.4, -0.2) is 112 Å². The van der Waals surface area contributed by atoms with Crippen LogP contribution in [0, 0.1) is 6.92 Å². The Morgan fingerprint density at radius 2 is 1.40 bits per heavy atom. The Bertz CT molecular complexity index is 1100. The standard InChI is InChI=1S/C13H24N4O3S.C10H14Cl6N4O2/c1-6-8-9-11-10(3)15-13(14-7-2)16-12(11)20-21(18,19)17(4)5;11-9(12,13)7(17-5-21)19-1-2-20(4-3-19)8(18-6-22)10(14,15)16/h6-9H2,1-5H3,(H,14,15,16);5-8H,1-4H2,(H,17,21)(H,18,22). The third-order valence-electron chi connectivity index (χ3n) is 6.07.